The SMILES string of the molecule is Cn1c(=O)n(Cc2ccccc2)c(=O)c2c1nc(NC[C@H]1CCCO1)n2Cc1ccccc1. The standard InChI is InChI=1S/C25H27N5O3/c1-28-22-21(23(31)30(25(28)32)17-19-11-6-3-7-12-19)29(16-18-9-4-2-5-10-18)24(27-22)26-15-20-13-8-14-33-20/h2-7,9-12,20H,8,13-17H2,1H3,(H,26,27)/t20-/m1/s1. The fraction of sp³-hybridized carbons (Fsp3) is 0.320. The Morgan fingerprint density at radius 1 is 0.970 bits per heavy atom. The van der Waals surface area contributed by atoms with Crippen molar-refractivity contribution in [3.63, 3.8) is 0 Å². The molecule has 1 atom stereocenters. The number of nitrogens with one attached hydrogen (secondary N) is 1. The quantitative estimate of drug-likeness (QED) is 0.473. The molecule has 0 amide bonds. The van der Waals surface area contributed by atoms with Crippen molar-refractivity contribution in [2.24, 2.45) is 7.05 Å². The first-order valence-electron chi connectivity index (χ1n) is 11.2. The van der Waals surface area contributed by atoms with Crippen LogP contribution < -0.4 is 16.6 Å². The summed E-state index contributed by atoms with van der Waals surface area (Å²) in [5.41, 5.74) is 1.99. The number of imidazole rings is 1. The summed E-state index contributed by atoms with van der Waals surface area (Å²) in [6.45, 7) is 2.04. The second-order valence-corrected chi connectivity index (χ2v) is 8.41. The van der Waals surface area contributed by atoms with Gasteiger partial charge in [0.25, 0.3) is 5.56 Å². The molecule has 0 unspecified atom stereocenters. The Kier molecular flexibility index (Phi) is 5.83. The van der Waals surface area contributed by atoms with Gasteiger partial charge in [-0.15, -0.1) is 0 Å². The molecule has 0 radical (unpaired) electrons. The molecule has 33 heavy (non-hydrogen) atoms. The molecule has 0 saturated carbocycles. The number of nitrogens with zero attached hydrogens (tertiary/aromatic N) is 4. The van der Waals surface area contributed by atoms with Gasteiger partial charge in [-0.3, -0.25) is 18.5 Å². The molecule has 2 aromatic heterocycles. The van der Waals surface area contributed by atoms with E-state index in [9.17, 15) is 9.59 Å². The molecule has 1 fully saturated rings. The molecule has 8 nitrogen and oxygen atoms in total. The van der Waals surface area contributed by atoms with Gasteiger partial charge in [0.15, 0.2) is 11.2 Å². The van der Waals surface area contributed by atoms with E-state index in [2.05, 4.69) is 10.3 Å². The first-order valence-corrected chi connectivity index (χ1v) is 11.2. The van der Waals surface area contributed by atoms with E-state index in [4.69, 9.17) is 4.74 Å². The summed E-state index contributed by atoms with van der Waals surface area (Å²) in [4.78, 5) is 31.4. The van der Waals surface area contributed by atoms with E-state index < -0.39 is 0 Å². The van der Waals surface area contributed by atoms with Crippen molar-refractivity contribution in [1.82, 2.24) is 18.7 Å². The van der Waals surface area contributed by atoms with Gasteiger partial charge in [0.1, 0.15) is 0 Å². The molecule has 0 aliphatic carbocycles. The van der Waals surface area contributed by atoms with Crippen LogP contribution in [-0.4, -0.2) is 37.9 Å². The van der Waals surface area contributed by atoms with E-state index >= 15 is 0 Å². The fourth-order valence-electron chi connectivity index (χ4n) is 4.34. The van der Waals surface area contributed by atoms with Crippen molar-refractivity contribution in [3.05, 3.63) is 92.6 Å². The Balaban J connectivity index is 1.63. The van der Waals surface area contributed by atoms with Gasteiger partial charge in [-0.2, -0.15) is 4.98 Å². The highest BCUT2D eigenvalue weighted by atomic mass is 16.5. The van der Waals surface area contributed by atoms with E-state index in [-0.39, 0.29) is 23.9 Å². The summed E-state index contributed by atoms with van der Waals surface area (Å²) in [6, 6.07) is 19.5. The number of anilines is 1. The maximum absolute atomic E-state index is 13.6. The maximum Gasteiger partial charge on any atom is 0.332 e. The Bertz CT molecular complexity index is 1370. The number of aromatic nitrogens is 4. The minimum Gasteiger partial charge on any atom is -0.376 e. The van der Waals surface area contributed by atoms with Crippen LogP contribution in [0.15, 0.2) is 70.3 Å². The molecule has 1 aliphatic heterocycles. The van der Waals surface area contributed by atoms with Gasteiger partial charge in [0.05, 0.1) is 19.2 Å². The lowest BCUT2D eigenvalue weighted by atomic mass is 10.2. The Hall–Kier alpha value is -3.65. The Morgan fingerprint density at radius 3 is 2.21 bits per heavy atom. The molecule has 0 bridgehead atoms. The molecule has 2 aromatic carbocycles. The second kappa shape index (κ2) is 9.07. The number of benzene rings is 2. The van der Waals surface area contributed by atoms with Gasteiger partial charge < -0.3 is 10.1 Å². The number of fused-ring (bicyclic) bond motifs is 1. The highest BCUT2D eigenvalue weighted by molar-refractivity contribution is 5.74. The van der Waals surface area contributed by atoms with Crippen LogP contribution in [0.25, 0.3) is 11.2 Å². The third kappa shape index (κ3) is 4.21. The van der Waals surface area contributed by atoms with E-state index in [1.165, 1.54) is 9.13 Å². The summed E-state index contributed by atoms with van der Waals surface area (Å²) in [5, 5.41) is 3.37. The van der Waals surface area contributed by atoms with Gasteiger partial charge in [-0.25, -0.2) is 4.79 Å². The van der Waals surface area contributed by atoms with Crippen LogP contribution in [0.5, 0.6) is 0 Å². The highest BCUT2D eigenvalue weighted by Crippen LogP contribution is 2.20. The zero-order valence-corrected chi connectivity index (χ0v) is 18.6. The highest BCUT2D eigenvalue weighted by Gasteiger charge is 2.22. The summed E-state index contributed by atoms with van der Waals surface area (Å²) in [7, 11) is 1.66. The average molecular weight is 446 g/mol. The van der Waals surface area contributed by atoms with Crippen LogP contribution >= 0.6 is 0 Å². The number of ether oxygens (including phenoxy) is 1. The predicted molar refractivity (Wildman–Crippen MR) is 128 cm³/mol. The summed E-state index contributed by atoms with van der Waals surface area (Å²) < 4.78 is 10.4. The third-order valence-corrected chi connectivity index (χ3v) is 6.11. The summed E-state index contributed by atoms with van der Waals surface area (Å²) in [5.74, 6) is 0.564. The topological polar surface area (TPSA) is 83.1 Å². The monoisotopic (exact) mass is 445 g/mol. The Morgan fingerprint density at radius 2 is 1.61 bits per heavy atom. The van der Waals surface area contributed by atoms with E-state index in [0.29, 0.717) is 30.2 Å². The second-order valence-electron chi connectivity index (χ2n) is 8.41. The summed E-state index contributed by atoms with van der Waals surface area (Å²) >= 11 is 0. The van der Waals surface area contributed by atoms with Gasteiger partial charge >= 0.3 is 5.69 Å². The molecule has 0 spiro atoms. The average Bonchev–Trinajstić information content (AvgIpc) is 3.49. The van der Waals surface area contributed by atoms with Crippen LogP contribution in [0, 0.1) is 0 Å². The van der Waals surface area contributed by atoms with E-state index in [0.717, 1.165) is 30.6 Å². The molecule has 1 aliphatic rings. The first-order chi connectivity index (χ1) is 16.1. The number of hydrogen-bond acceptors (Lipinski definition) is 5. The largest absolute Gasteiger partial charge is 0.376 e. The lowest BCUT2D eigenvalue weighted by Crippen LogP contribution is -2.40. The van der Waals surface area contributed by atoms with E-state index in [1.54, 1.807) is 7.05 Å². The molecular weight excluding hydrogens is 418 g/mol. The van der Waals surface area contributed by atoms with E-state index in [1.807, 2.05) is 65.2 Å². The van der Waals surface area contributed by atoms with Crippen molar-refractivity contribution >= 4 is 17.1 Å². The van der Waals surface area contributed by atoms with Crippen LogP contribution in [0.1, 0.15) is 24.0 Å². The normalized spacial score (nSPS) is 15.8. The third-order valence-electron chi connectivity index (χ3n) is 6.11. The van der Waals surface area contributed by atoms with Crippen molar-refractivity contribution < 1.29 is 4.74 Å². The molecular formula is C25H27N5O3. The molecule has 1 saturated heterocycles. The minimum absolute atomic E-state index is 0.119. The lowest BCUT2D eigenvalue weighted by Gasteiger charge is -2.14. The predicted octanol–water partition coefficient (Wildman–Crippen LogP) is 2.58. The van der Waals surface area contributed by atoms with Crippen LogP contribution in [-0.2, 0) is 24.9 Å². The fourth-order valence-corrected chi connectivity index (χ4v) is 4.34. The smallest absolute Gasteiger partial charge is 0.332 e. The molecule has 1 N–H and O–H groups in total. The van der Waals surface area contributed by atoms with Gasteiger partial charge in [0.2, 0.25) is 5.95 Å². The molecule has 4 aromatic rings. The van der Waals surface area contributed by atoms with Crippen molar-refractivity contribution in [1.29, 1.82) is 0 Å². The minimum atomic E-state index is -0.383. The zero-order chi connectivity index (χ0) is 22.8. The zero-order valence-electron chi connectivity index (χ0n) is 18.6. The molecule has 170 valence electrons. The Labute approximate surface area is 191 Å². The summed E-state index contributed by atoms with van der Waals surface area (Å²) in [6.07, 6.45) is 2.16. The number of aryl methyl sites for hydroxylation is 1. The van der Waals surface area contributed by atoms with Crippen LogP contribution in [0.3, 0.4) is 0 Å². The van der Waals surface area contributed by atoms with Gasteiger partial charge in [-0.05, 0) is 24.0 Å². The maximum atomic E-state index is 13.6. The van der Waals surface area contributed by atoms with Crippen molar-refractivity contribution in [2.45, 2.75) is 32.0 Å². The molecule has 3 heterocycles. The molecule has 8 heteroatoms. The van der Waals surface area contributed by atoms with Crippen molar-refractivity contribution in [3.8, 4) is 0 Å². The lowest BCUT2D eigenvalue weighted by molar-refractivity contribution is 0.120. The van der Waals surface area contributed by atoms with Crippen LogP contribution in [0.2, 0.25) is 0 Å². The van der Waals surface area contributed by atoms with Crippen LogP contribution in [0.4, 0.5) is 5.95 Å². The first kappa shape index (κ1) is 21.2. The number of hydrogen-bond donors (Lipinski definition) is 1. The van der Waals surface area contributed by atoms with Gasteiger partial charge in [0, 0.05) is 20.2 Å². The molecule has 5 rings (SSSR count). The van der Waals surface area contributed by atoms with Crippen molar-refractivity contribution in [2.75, 3.05) is 18.5 Å². The number of rotatable bonds is 7. The van der Waals surface area contributed by atoms with Gasteiger partial charge in [-0.1, -0.05) is 60.7 Å².